The highest BCUT2D eigenvalue weighted by molar-refractivity contribution is 5.91. The standard InChI is InChI=1S/C19H17F3N2O2/c1-2-3-4-10-16(21)18(24)15-13(25)8-14(26-19(15)17(10)22)9-5-6-12(23)11(20)7-9/h5-8H,2-4,23-24H2,1H3. The summed E-state index contributed by atoms with van der Waals surface area (Å²) < 4.78 is 48.4. The lowest BCUT2D eigenvalue weighted by molar-refractivity contribution is 0.526. The molecule has 26 heavy (non-hydrogen) atoms. The van der Waals surface area contributed by atoms with Crippen LogP contribution in [0.4, 0.5) is 24.5 Å². The SMILES string of the molecule is CCCCc1c(F)c(N)c2c(=O)cc(-c3ccc(N)c(F)c3)oc2c1F. The van der Waals surface area contributed by atoms with Crippen LogP contribution in [-0.4, -0.2) is 0 Å². The molecule has 1 aromatic heterocycles. The number of hydrogen-bond donors (Lipinski definition) is 2. The lowest BCUT2D eigenvalue weighted by Gasteiger charge is -2.12. The Morgan fingerprint density at radius 3 is 2.46 bits per heavy atom. The number of benzene rings is 2. The van der Waals surface area contributed by atoms with Gasteiger partial charge in [-0.15, -0.1) is 0 Å². The lowest BCUT2D eigenvalue weighted by Crippen LogP contribution is -2.10. The monoisotopic (exact) mass is 362 g/mol. The van der Waals surface area contributed by atoms with Crippen molar-refractivity contribution in [1.82, 2.24) is 0 Å². The molecule has 0 amide bonds. The van der Waals surface area contributed by atoms with E-state index in [0.717, 1.165) is 18.6 Å². The molecule has 0 atom stereocenters. The van der Waals surface area contributed by atoms with E-state index in [1.165, 1.54) is 12.1 Å². The fraction of sp³-hybridized carbons (Fsp3) is 0.211. The predicted molar refractivity (Wildman–Crippen MR) is 95.2 cm³/mol. The molecule has 0 saturated heterocycles. The van der Waals surface area contributed by atoms with Crippen LogP contribution in [0.1, 0.15) is 25.3 Å². The van der Waals surface area contributed by atoms with Gasteiger partial charge >= 0.3 is 0 Å². The predicted octanol–water partition coefficient (Wildman–Crippen LogP) is 4.38. The van der Waals surface area contributed by atoms with Crippen LogP contribution in [0.15, 0.2) is 33.5 Å². The molecular formula is C19H17F3N2O2. The molecule has 0 aliphatic heterocycles. The van der Waals surface area contributed by atoms with Crippen molar-refractivity contribution >= 4 is 22.3 Å². The van der Waals surface area contributed by atoms with Crippen molar-refractivity contribution in [3.63, 3.8) is 0 Å². The molecule has 0 bridgehead atoms. The van der Waals surface area contributed by atoms with Crippen molar-refractivity contribution in [3.8, 4) is 11.3 Å². The number of hydrogen-bond acceptors (Lipinski definition) is 4. The summed E-state index contributed by atoms with van der Waals surface area (Å²) in [5, 5.41) is -0.361. The van der Waals surface area contributed by atoms with Crippen LogP contribution in [0.3, 0.4) is 0 Å². The van der Waals surface area contributed by atoms with Crippen molar-refractivity contribution in [2.24, 2.45) is 0 Å². The first-order chi connectivity index (χ1) is 12.3. The van der Waals surface area contributed by atoms with E-state index in [4.69, 9.17) is 15.9 Å². The van der Waals surface area contributed by atoms with Crippen molar-refractivity contribution in [3.05, 3.63) is 57.5 Å². The van der Waals surface area contributed by atoms with E-state index in [1.54, 1.807) is 0 Å². The molecule has 1 heterocycles. The quantitative estimate of drug-likeness (QED) is 0.675. The zero-order valence-corrected chi connectivity index (χ0v) is 14.0. The topological polar surface area (TPSA) is 82.2 Å². The van der Waals surface area contributed by atoms with Crippen molar-refractivity contribution < 1.29 is 17.6 Å². The smallest absolute Gasteiger partial charge is 0.195 e. The summed E-state index contributed by atoms with van der Waals surface area (Å²) in [5.41, 5.74) is 9.46. The van der Waals surface area contributed by atoms with Gasteiger partial charge in [0.15, 0.2) is 22.6 Å². The zero-order valence-electron chi connectivity index (χ0n) is 14.0. The first-order valence-electron chi connectivity index (χ1n) is 8.13. The second kappa shape index (κ2) is 6.74. The van der Waals surface area contributed by atoms with Gasteiger partial charge in [0, 0.05) is 17.2 Å². The van der Waals surface area contributed by atoms with Crippen LogP contribution in [0.5, 0.6) is 0 Å². The average Bonchev–Trinajstić information content (AvgIpc) is 2.61. The molecule has 0 saturated carbocycles. The fourth-order valence-corrected chi connectivity index (χ4v) is 2.80. The molecule has 2 aromatic carbocycles. The Morgan fingerprint density at radius 2 is 1.81 bits per heavy atom. The van der Waals surface area contributed by atoms with Gasteiger partial charge in [0.25, 0.3) is 0 Å². The number of nitrogens with two attached hydrogens (primary N) is 2. The first kappa shape index (κ1) is 17.8. The number of fused-ring (bicyclic) bond motifs is 1. The Labute approximate surface area is 147 Å². The van der Waals surface area contributed by atoms with Gasteiger partial charge in [0.2, 0.25) is 0 Å². The van der Waals surface area contributed by atoms with Gasteiger partial charge in [-0.1, -0.05) is 13.3 Å². The van der Waals surface area contributed by atoms with Crippen LogP contribution in [-0.2, 0) is 6.42 Å². The van der Waals surface area contributed by atoms with Gasteiger partial charge < -0.3 is 15.9 Å². The summed E-state index contributed by atoms with van der Waals surface area (Å²) in [5.74, 6) is -2.67. The first-order valence-corrected chi connectivity index (χ1v) is 8.13. The zero-order chi connectivity index (χ0) is 19.0. The Bertz CT molecular complexity index is 1060. The van der Waals surface area contributed by atoms with Crippen LogP contribution < -0.4 is 16.9 Å². The number of halogens is 3. The summed E-state index contributed by atoms with van der Waals surface area (Å²) in [6.45, 7) is 1.88. The second-order valence-corrected chi connectivity index (χ2v) is 6.04. The molecular weight excluding hydrogens is 345 g/mol. The normalized spacial score (nSPS) is 11.2. The highest BCUT2D eigenvalue weighted by Crippen LogP contribution is 2.32. The lowest BCUT2D eigenvalue weighted by atomic mass is 10.0. The molecule has 0 aliphatic rings. The summed E-state index contributed by atoms with van der Waals surface area (Å²) in [6, 6.07) is 4.83. The number of rotatable bonds is 4. The minimum Gasteiger partial charge on any atom is -0.453 e. The minimum absolute atomic E-state index is 0.0623. The molecule has 3 aromatic rings. The summed E-state index contributed by atoms with van der Waals surface area (Å²) >= 11 is 0. The van der Waals surface area contributed by atoms with Gasteiger partial charge in [0.1, 0.15) is 11.6 Å². The summed E-state index contributed by atoms with van der Waals surface area (Å²) in [7, 11) is 0. The van der Waals surface area contributed by atoms with Gasteiger partial charge in [-0.25, -0.2) is 13.2 Å². The highest BCUT2D eigenvalue weighted by Gasteiger charge is 2.22. The fourth-order valence-electron chi connectivity index (χ4n) is 2.80. The molecule has 7 heteroatoms. The third-order valence-electron chi connectivity index (χ3n) is 4.25. The van der Waals surface area contributed by atoms with E-state index >= 15 is 0 Å². The van der Waals surface area contributed by atoms with Crippen LogP contribution >= 0.6 is 0 Å². The van der Waals surface area contributed by atoms with E-state index in [9.17, 15) is 18.0 Å². The maximum Gasteiger partial charge on any atom is 0.195 e. The molecule has 0 radical (unpaired) electrons. The van der Waals surface area contributed by atoms with E-state index in [2.05, 4.69) is 0 Å². The van der Waals surface area contributed by atoms with Gasteiger partial charge in [-0.3, -0.25) is 4.79 Å². The Morgan fingerprint density at radius 1 is 1.08 bits per heavy atom. The molecule has 0 fully saturated rings. The Balaban J connectivity index is 2.30. The molecule has 3 rings (SSSR count). The van der Waals surface area contributed by atoms with Crippen molar-refractivity contribution in [1.29, 1.82) is 0 Å². The Kier molecular flexibility index (Phi) is 4.63. The van der Waals surface area contributed by atoms with Crippen LogP contribution in [0.2, 0.25) is 0 Å². The number of nitrogen functional groups attached to an aromatic ring is 2. The molecule has 4 nitrogen and oxygen atoms in total. The highest BCUT2D eigenvalue weighted by atomic mass is 19.1. The summed E-state index contributed by atoms with van der Waals surface area (Å²) in [4.78, 5) is 12.4. The maximum atomic E-state index is 14.8. The van der Waals surface area contributed by atoms with Gasteiger partial charge in [0.05, 0.1) is 16.8 Å². The van der Waals surface area contributed by atoms with Crippen molar-refractivity contribution in [2.75, 3.05) is 11.5 Å². The molecule has 0 unspecified atom stereocenters. The number of unbranched alkanes of at least 4 members (excludes halogenated alkanes) is 1. The van der Waals surface area contributed by atoms with Gasteiger partial charge in [-0.2, -0.15) is 0 Å². The van der Waals surface area contributed by atoms with E-state index in [0.29, 0.717) is 6.42 Å². The molecule has 136 valence electrons. The van der Waals surface area contributed by atoms with E-state index in [1.807, 2.05) is 6.92 Å². The molecule has 0 spiro atoms. The maximum absolute atomic E-state index is 14.8. The third-order valence-corrected chi connectivity index (χ3v) is 4.25. The summed E-state index contributed by atoms with van der Waals surface area (Å²) in [6.07, 6.45) is 1.40. The van der Waals surface area contributed by atoms with Crippen LogP contribution in [0, 0.1) is 17.5 Å². The molecule has 0 aliphatic carbocycles. The average molecular weight is 362 g/mol. The largest absolute Gasteiger partial charge is 0.453 e. The van der Waals surface area contributed by atoms with Crippen LogP contribution in [0.25, 0.3) is 22.3 Å². The minimum atomic E-state index is -0.963. The van der Waals surface area contributed by atoms with Crippen molar-refractivity contribution in [2.45, 2.75) is 26.2 Å². The van der Waals surface area contributed by atoms with E-state index < -0.39 is 34.2 Å². The van der Waals surface area contributed by atoms with E-state index in [-0.39, 0.29) is 34.4 Å². The van der Waals surface area contributed by atoms with Gasteiger partial charge in [-0.05, 0) is 31.0 Å². The number of anilines is 2. The Hall–Kier alpha value is -2.96. The third kappa shape index (κ3) is 2.89. The second-order valence-electron chi connectivity index (χ2n) is 6.04. The molecule has 4 N–H and O–H groups in total.